The Kier molecular flexibility index (Phi) is 6.88. The molecule has 2 rings (SSSR count). The van der Waals surface area contributed by atoms with Crippen LogP contribution in [-0.2, 0) is 14.8 Å². The monoisotopic (exact) mass is 416 g/mol. The second-order valence-corrected chi connectivity index (χ2v) is 8.06. The van der Waals surface area contributed by atoms with Crippen molar-refractivity contribution in [3.63, 3.8) is 0 Å². The third kappa shape index (κ3) is 4.88. The van der Waals surface area contributed by atoms with E-state index in [-0.39, 0.29) is 18.0 Å². The Labute approximate surface area is 162 Å². The Hall–Kier alpha value is -1.80. The van der Waals surface area contributed by atoms with Crippen molar-refractivity contribution in [3.05, 3.63) is 52.5 Å². The SMILES string of the molecule is CCN(CC(=O)Nc1cc(Cl)ccc1Cl)S(=O)(=O)c1ccc(OC)cc1. The molecule has 0 saturated heterocycles. The molecular weight excluding hydrogens is 399 g/mol. The summed E-state index contributed by atoms with van der Waals surface area (Å²) in [5.74, 6) is 0.0217. The number of amides is 1. The zero-order chi connectivity index (χ0) is 19.3. The van der Waals surface area contributed by atoms with Crippen molar-refractivity contribution in [1.82, 2.24) is 4.31 Å². The Balaban J connectivity index is 2.16. The average Bonchev–Trinajstić information content (AvgIpc) is 2.62. The van der Waals surface area contributed by atoms with Gasteiger partial charge in [0.1, 0.15) is 5.75 Å². The van der Waals surface area contributed by atoms with E-state index >= 15 is 0 Å². The van der Waals surface area contributed by atoms with Gasteiger partial charge in [-0.1, -0.05) is 30.1 Å². The highest BCUT2D eigenvalue weighted by Crippen LogP contribution is 2.25. The first kappa shape index (κ1) is 20.5. The van der Waals surface area contributed by atoms with Crippen molar-refractivity contribution in [2.45, 2.75) is 11.8 Å². The van der Waals surface area contributed by atoms with Crippen LogP contribution in [0.3, 0.4) is 0 Å². The minimum atomic E-state index is -3.82. The van der Waals surface area contributed by atoms with Gasteiger partial charge >= 0.3 is 0 Å². The first-order valence-electron chi connectivity index (χ1n) is 7.67. The van der Waals surface area contributed by atoms with Gasteiger partial charge in [0.25, 0.3) is 0 Å². The number of rotatable bonds is 7. The molecule has 2 aromatic carbocycles. The summed E-state index contributed by atoms with van der Waals surface area (Å²) in [4.78, 5) is 12.4. The number of nitrogens with one attached hydrogen (secondary N) is 1. The molecule has 6 nitrogen and oxygen atoms in total. The summed E-state index contributed by atoms with van der Waals surface area (Å²) in [5, 5.41) is 3.29. The fourth-order valence-corrected chi connectivity index (χ4v) is 3.95. The zero-order valence-corrected chi connectivity index (χ0v) is 16.5. The van der Waals surface area contributed by atoms with E-state index in [1.807, 2.05) is 0 Å². The lowest BCUT2D eigenvalue weighted by atomic mass is 10.3. The number of carbonyl (C=O) groups is 1. The molecular formula is C17H18Cl2N2O4S. The molecule has 140 valence electrons. The standard InChI is InChI=1S/C17H18Cl2N2O4S/c1-3-21(26(23,24)14-7-5-13(25-2)6-8-14)11-17(22)20-16-10-12(18)4-9-15(16)19/h4-10H,3,11H2,1-2H3,(H,20,22). The van der Waals surface area contributed by atoms with Crippen molar-refractivity contribution in [2.75, 3.05) is 25.5 Å². The Bertz CT molecular complexity index is 886. The molecule has 0 saturated carbocycles. The van der Waals surface area contributed by atoms with Crippen LogP contribution in [0.5, 0.6) is 5.75 Å². The number of hydrogen-bond acceptors (Lipinski definition) is 4. The fourth-order valence-electron chi connectivity index (χ4n) is 2.21. The first-order chi connectivity index (χ1) is 12.3. The maximum atomic E-state index is 12.7. The van der Waals surface area contributed by atoms with Crippen LogP contribution in [0.15, 0.2) is 47.4 Å². The lowest BCUT2D eigenvalue weighted by Gasteiger charge is -2.20. The van der Waals surface area contributed by atoms with Crippen LogP contribution < -0.4 is 10.1 Å². The van der Waals surface area contributed by atoms with Crippen LogP contribution in [0, 0.1) is 0 Å². The van der Waals surface area contributed by atoms with Gasteiger partial charge in [0.15, 0.2) is 0 Å². The van der Waals surface area contributed by atoms with Crippen molar-refractivity contribution in [3.8, 4) is 5.75 Å². The number of halogens is 2. The van der Waals surface area contributed by atoms with Gasteiger partial charge in [-0.2, -0.15) is 4.31 Å². The summed E-state index contributed by atoms with van der Waals surface area (Å²) in [7, 11) is -2.33. The molecule has 0 aliphatic rings. The summed E-state index contributed by atoms with van der Waals surface area (Å²) in [6, 6.07) is 10.6. The molecule has 0 unspecified atom stereocenters. The van der Waals surface area contributed by atoms with Gasteiger partial charge in [0.05, 0.1) is 29.3 Å². The number of methoxy groups -OCH3 is 1. The maximum absolute atomic E-state index is 12.7. The molecule has 26 heavy (non-hydrogen) atoms. The molecule has 9 heteroatoms. The molecule has 0 aliphatic heterocycles. The van der Waals surface area contributed by atoms with Gasteiger partial charge in [-0.15, -0.1) is 0 Å². The lowest BCUT2D eigenvalue weighted by Crippen LogP contribution is -2.37. The van der Waals surface area contributed by atoms with Crippen LogP contribution in [0.4, 0.5) is 5.69 Å². The van der Waals surface area contributed by atoms with E-state index in [2.05, 4.69) is 5.32 Å². The molecule has 0 aliphatic carbocycles. The number of carbonyl (C=O) groups excluding carboxylic acids is 1. The lowest BCUT2D eigenvalue weighted by molar-refractivity contribution is -0.116. The number of nitrogens with zero attached hydrogens (tertiary/aromatic N) is 1. The number of hydrogen-bond donors (Lipinski definition) is 1. The van der Waals surface area contributed by atoms with Gasteiger partial charge in [0, 0.05) is 11.6 Å². The topological polar surface area (TPSA) is 75.7 Å². The largest absolute Gasteiger partial charge is 0.497 e. The molecule has 0 spiro atoms. The van der Waals surface area contributed by atoms with E-state index in [4.69, 9.17) is 27.9 Å². The second-order valence-electron chi connectivity index (χ2n) is 5.28. The molecule has 0 bridgehead atoms. The minimum Gasteiger partial charge on any atom is -0.497 e. The predicted octanol–water partition coefficient (Wildman–Crippen LogP) is 3.65. The Morgan fingerprint density at radius 3 is 2.38 bits per heavy atom. The van der Waals surface area contributed by atoms with E-state index in [0.717, 1.165) is 4.31 Å². The van der Waals surface area contributed by atoms with E-state index in [1.54, 1.807) is 31.2 Å². The highest BCUT2D eigenvalue weighted by atomic mass is 35.5. The maximum Gasteiger partial charge on any atom is 0.243 e. The molecule has 0 aromatic heterocycles. The molecule has 2 aromatic rings. The van der Waals surface area contributed by atoms with E-state index < -0.39 is 15.9 Å². The summed E-state index contributed by atoms with van der Waals surface area (Å²) < 4.78 is 31.6. The Morgan fingerprint density at radius 1 is 1.15 bits per heavy atom. The molecule has 0 fully saturated rings. The first-order valence-corrected chi connectivity index (χ1v) is 9.86. The summed E-state index contributed by atoms with van der Waals surface area (Å²) in [6.07, 6.45) is 0. The van der Waals surface area contributed by atoms with Gasteiger partial charge in [0.2, 0.25) is 15.9 Å². The van der Waals surface area contributed by atoms with Gasteiger partial charge < -0.3 is 10.1 Å². The molecule has 0 radical (unpaired) electrons. The molecule has 1 N–H and O–H groups in total. The van der Waals surface area contributed by atoms with Crippen molar-refractivity contribution < 1.29 is 17.9 Å². The van der Waals surface area contributed by atoms with Crippen molar-refractivity contribution >= 4 is 44.8 Å². The number of benzene rings is 2. The Morgan fingerprint density at radius 2 is 1.81 bits per heavy atom. The van der Waals surface area contributed by atoms with Crippen molar-refractivity contribution in [1.29, 1.82) is 0 Å². The van der Waals surface area contributed by atoms with Crippen LogP contribution in [0.2, 0.25) is 10.0 Å². The summed E-state index contributed by atoms with van der Waals surface area (Å²) in [5.41, 5.74) is 0.321. The highest BCUT2D eigenvalue weighted by Gasteiger charge is 2.25. The van der Waals surface area contributed by atoms with Crippen LogP contribution in [0.25, 0.3) is 0 Å². The number of sulfonamides is 1. The number of likely N-dealkylation sites (N-methyl/N-ethyl adjacent to an activating group) is 1. The van der Waals surface area contributed by atoms with Crippen LogP contribution in [0.1, 0.15) is 6.92 Å². The minimum absolute atomic E-state index is 0.0775. The quantitative estimate of drug-likeness (QED) is 0.746. The van der Waals surface area contributed by atoms with Gasteiger partial charge in [-0.25, -0.2) is 8.42 Å². The third-order valence-electron chi connectivity index (χ3n) is 3.57. The van der Waals surface area contributed by atoms with Gasteiger partial charge in [-0.3, -0.25) is 4.79 Å². The zero-order valence-electron chi connectivity index (χ0n) is 14.2. The van der Waals surface area contributed by atoms with E-state index in [9.17, 15) is 13.2 Å². The fraction of sp³-hybridized carbons (Fsp3) is 0.235. The predicted molar refractivity (Wildman–Crippen MR) is 103 cm³/mol. The van der Waals surface area contributed by atoms with Crippen LogP contribution >= 0.6 is 23.2 Å². The number of ether oxygens (including phenoxy) is 1. The molecule has 0 atom stereocenters. The van der Waals surface area contributed by atoms with Gasteiger partial charge in [-0.05, 0) is 42.5 Å². The van der Waals surface area contributed by atoms with Crippen LogP contribution in [-0.4, -0.2) is 38.8 Å². The molecule has 0 heterocycles. The number of anilines is 1. The third-order valence-corrected chi connectivity index (χ3v) is 6.07. The second kappa shape index (κ2) is 8.73. The van der Waals surface area contributed by atoms with Crippen molar-refractivity contribution in [2.24, 2.45) is 0 Å². The summed E-state index contributed by atoms with van der Waals surface area (Å²) in [6.45, 7) is 1.43. The highest BCUT2D eigenvalue weighted by molar-refractivity contribution is 7.89. The van der Waals surface area contributed by atoms with E-state index in [0.29, 0.717) is 21.5 Å². The molecule has 1 amide bonds. The van der Waals surface area contributed by atoms with E-state index in [1.165, 1.54) is 25.3 Å². The smallest absolute Gasteiger partial charge is 0.243 e. The summed E-state index contributed by atoms with van der Waals surface area (Å²) >= 11 is 11.9. The normalized spacial score (nSPS) is 11.4. The average molecular weight is 417 g/mol.